The molecule has 8 nitrogen and oxygen atoms in total. The Hall–Kier alpha value is -3.91. The Morgan fingerprint density at radius 3 is 2.32 bits per heavy atom. The molecule has 0 aliphatic carbocycles. The molecule has 0 amide bonds. The van der Waals surface area contributed by atoms with Gasteiger partial charge in [-0.25, -0.2) is 13.9 Å². The Kier molecular flexibility index (Phi) is 4.76. The first-order chi connectivity index (χ1) is 15.0. The van der Waals surface area contributed by atoms with E-state index < -0.39 is 0 Å². The van der Waals surface area contributed by atoms with Crippen molar-refractivity contribution in [2.75, 3.05) is 0 Å². The van der Waals surface area contributed by atoms with Crippen molar-refractivity contribution in [3.63, 3.8) is 0 Å². The first-order valence-electron chi connectivity index (χ1n) is 9.47. The zero-order valence-corrected chi connectivity index (χ0v) is 17.2. The van der Waals surface area contributed by atoms with E-state index in [1.165, 1.54) is 9.08 Å². The second-order valence-electron chi connectivity index (χ2n) is 6.90. The maximum absolute atomic E-state index is 12.8. The Bertz CT molecular complexity index is 1420. The highest BCUT2D eigenvalue weighted by molar-refractivity contribution is 6.30. The first-order valence-corrected chi connectivity index (χ1v) is 9.85. The molecule has 5 rings (SSSR count). The van der Waals surface area contributed by atoms with E-state index in [0.717, 1.165) is 11.1 Å². The van der Waals surface area contributed by atoms with Crippen molar-refractivity contribution >= 4 is 17.2 Å². The van der Waals surface area contributed by atoms with Crippen LogP contribution in [0, 0.1) is 6.92 Å². The fraction of sp³-hybridized carbons (Fsp3) is 0.0909. The van der Waals surface area contributed by atoms with E-state index in [2.05, 4.69) is 15.2 Å². The predicted molar refractivity (Wildman–Crippen MR) is 115 cm³/mol. The number of aromatic nitrogens is 5. The van der Waals surface area contributed by atoms with Gasteiger partial charge >= 0.3 is 5.69 Å². The van der Waals surface area contributed by atoms with E-state index in [4.69, 9.17) is 20.9 Å². The molecule has 0 aliphatic rings. The highest BCUT2D eigenvalue weighted by Gasteiger charge is 2.12. The zero-order valence-electron chi connectivity index (χ0n) is 16.4. The molecule has 2 aromatic carbocycles. The summed E-state index contributed by atoms with van der Waals surface area (Å²) in [5.41, 5.74) is 2.08. The van der Waals surface area contributed by atoms with Gasteiger partial charge < -0.3 is 9.26 Å². The van der Waals surface area contributed by atoms with E-state index in [0.29, 0.717) is 33.9 Å². The molecule has 0 aliphatic heterocycles. The molecular formula is C22H16ClN5O3. The zero-order chi connectivity index (χ0) is 21.4. The molecular weight excluding hydrogens is 418 g/mol. The van der Waals surface area contributed by atoms with Gasteiger partial charge in [-0.3, -0.25) is 0 Å². The Morgan fingerprint density at radius 1 is 0.968 bits per heavy atom. The molecule has 3 heterocycles. The minimum Gasteiger partial charge on any atom is -0.457 e. The minimum atomic E-state index is -0.276. The molecule has 0 unspecified atom stereocenters. The van der Waals surface area contributed by atoms with Gasteiger partial charge in [0.25, 0.3) is 0 Å². The maximum atomic E-state index is 12.8. The molecule has 31 heavy (non-hydrogen) atoms. The van der Waals surface area contributed by atoms with Gasteiger partial charge in [-0.05, 0) is 59.7 Å². The maximum Gasteiger partial charge on any atom is 0.350 e. The summed E-state index contributed by atoms with van der Waals surface area (Å²) < 4.78 is 13.6. The van der Waals surface area contributed by atoms with E-state index in [9.17, 15) is 4.79 Å². The van der Waals surface area contributed by atoms with Gasteiger partial charge in [0.2, 0.25) is 5.89 Å². The van der Waals surface area contributed by atoms with Crippen LogP contribution in [0.1, 0.15) is 11.7 Å². The lowest BCUT2D eigenvalue weighted by atomic mass is 10.1. The van der Waals surface area contributed by atoms with Crippen LogP contribution in [-0.2, 0) is 6.54 Å². The van der Waals surface area contributed by atoms with Gasteiger partial charge in [-0.15, -0.1) is 5.10 Å². The SMILES string of the molecule is Cc1nc(Cn2nc3ccc(-c4ccc(Oc5ccc(Cl)cc5)cc4)cn3c2=O)no1. The number of pyridine rings is 1. The van der Waals surface area contributed by atoms with Gasteiger partial charge in [-0.1, -0.05) is 28.9 Å². The summed E-state index contributed by atoms with van der Waals surface area (Å²) in [6, 6.07) is 18.5. The highest BCUT2D eigenvalue weighted by Crippen LogP contribution is 2.26. The van der Waals surface area contributed by atoms with Gasteiger partial charge in [0, 0.05) is 18.1 Å². The summed E-state index contributed by atoms with van der Waals surface area (Å²) in [4.78, 5) is 16.9. The van der Waals surface area contributed by atoms with Gasteiger partial charge in [0.1, 0.15) is 18.0 Å². The Labute approximate surface area is 181 Å². The third kappa shape index (κ3) is 3.93. The third-order valence-corrected chi connectivity index (χ3v) is 4.93. The molecule has 0 saturated heterocycles. The summed E-state index contributed by atoms with van der Waals surface area (Å²) in [6.07, 6.45) is 1.76. The van der Waals surface area contributed by atoms with Crippen LogP contribution in [0.15, 0.2) is 76.2 Å². The second kappa shape index (κ2) is 7.73. The van der Waals surface area contributed by atoms with E-state index >= 15 is 0 Å². The molecule has 0 bridgehead atoms. The molecule has 154 valence electrons. The van der Waals surface area contributed by atoms with E-state index in [-0.39, 0.29) is 12.2 Å². The van der Waals surface area contributed by atoms with Crippen LogP contribution in [0.3, 0.4) is 0 Å². The molecule has 0 N–H and O–H groups in total. The number of fused-ring (bicyclic) bond motifs is 1. The average molecular weight is 434 g/mol. The molecule has 0 saturated carbocycles. The smallest absolute Gasteiger partial charge is 0.350 e. The van der Waals surface area contributed by atoms with Crippen LogP contribution in [-0.4, -0.2) is 24.3 Å². The number of halogens is 1. The summed E-state index contributed by atoms with van der Waals surface area (Å²) in [5, 5.41) is 8.81. The molecule has 0 spiro atoms. The van der Waals surface area contributed by atoms with Crippen molar-refractivity contribution in [2.45, 2.75) is 13.5 Å². The monoisotopic (exact) mass is 433 g/mol. The summed E-state index contributed by atoms with van der Waals surface area (Å²) in [7, 11) is 0. The van der Waals surface area contributed by atoms with Gasteiger partial charge in [0.15, 0.2) is 11.5 Å². The van der Waals surface area contributed by atoms with Gasteiger partial charge in [-0.2, -0.15) is 4.98 Å². The van der Waals surface area contributed by atoms with Crippen molar-refractivity contribution in [1.29, 1.82) is 0 Å². The molecule has 5 aromatic rings. The van der Waals surface area contributed by atoms with Crippen LogP contribution in [0.25, 0.3) is 16.8 Å². The highest BCUT2D eigenvalue weighted by atomic mass is 35.5. The topological polar surface area (TPSA) is 87.5 Å². The largest absolute Gasteiger partial charge is 0.457 e. The standard InChI is InChI=1S/C22H16ClN5O3/c1-14-24-20(26-31-14)13-28-22(29)27-12-16(4-11-21(27)25-28)15-2-7-18(8-3-15)30-19-9-5-17(23)6-10-19/h2-12H,13H2,1H3. The van der Waals surface area contributed by atoms with Crippen LogP contribution in [0.2, 0.25) is 5.02 Å². The van der Waals surface area contributed by atoms with Gasteiger partial charge in [0.05, 0.1) is 0 Å². The van der Waals surface area contributed by atoms with Crippen molar-refractivity contribution in [3.05, 3.63) is 94.1 Å². The van der Waals surface area contributed by atoms with Crippen LogP contribution >= 0.6 is 11.6 Å². The number of benzene rings is 2. The fourth-order valence-electron chi connectivity index (χ4n) is 3.19. The summed E-state index contributed by atoms with van der Waals surface area (Å²) in [6.45, 7) is 1.84. The minimum absolute atomic E-state index is 0.143. The quantitative estimate of drug-likeness (QED) is 0.409. The number of ether oxygens (including phenoxy) is 1. The number of rotatable bonds is 5. The van der Waals surface area contributed by atoms with Crippen molar-refractivity contribution in [1.82, 2.24) is 24.3 Å². The molecule has 0 radical (unpaired) electrons. The van der Waals surface area contributed by atoms with Crippen molar-refractivity contribution < 1.29 is 9.26 Å². The van der Waals surface area contributed by atoms with Crippen molar-refractivity contribution in [3.8, 4) is 22.6 Å². The van der Waals surface area contributed by atoms with Crippen LogP contribution in [0.5, 0.6) is 11.5 Å². The molecule has 0 fully saturated rings. The molecule has 0 atom stereocenters. The normalized spacial score (nSPS) is 11.2. The van der Waals surface area contributed by atoms with Crippen LogP contribution < -0.4 is 10.4 Å². The molecule has 3 aromatic heterocycles. The fourth-order valence-corrected chi connectivity index (χ4v) is 3.31. The lowest BCUT2D eigenvalue weighted by Crippen LogP contribution is -2.22. The third-order valence-electron chi connectivity index (χ3n) is 4.67. The lowest BCUT2D eigenvalue weighted by molar-refractivity contribution is 0.385. The lowest BCUT2D eigenvalue weighted by Gasteiger charge is -2.07. The summed E-state index contributed by atoms with van der Waals surface area (Å²) >= 11 is 5.90. The van der Waals surface area contributed by atoms with Crippen LogP contribution in [0.4, 0.5) is 0 Å². The summed E-state index contributed by atoms with van der Waals surface area (Å²) in [5.74, 6) is 2.25. The number of hydrogen-bond acceptors (Lipinski definition) is 6. The van der Waals surface area contributed by atoms with Crippen molar-refractivity contribution in [2.24, 2.45) is 0 Å². The number of nitrogens with zero attached hydrogens (tertiary/aromatic N) is 5. The van der Waals surface area contributed by atoms with E-state index in [1.807, 2.05) is 42.5 Å². The number of aryl methyl sites for hydroxylation is 1. The Balaban J connectivity index is 1.40. The average Bonchev–Trinajstić information content (AvgIpc) is 3.33. The molecule has 9 heteroatoms. The predicted octanol–water partition coefficient (Wildman–Crippen LogP) is 4.35. The Morgan fingerprint density at radius 2 is 1.65 bits per heavy atom. The number of hydrogen-bond donors (Lipinski definition) is 0. The first kappa shape index (κ1) is 19.1. The second-order valence-corrected chi connectivity index (χ2v) is 7.33. The van der Waals surface area contributed by atoms with E-state index in [1.54, 1.807) is 31.3 Å².